The van der Waals surface area contributed by atoms with Crippen LogP contribution in [-0.4, -0.2) is 46.8 Å². The second-order valence-corrected chi connectivity index (χ2v) is 7.19. The maximum atomic E-state index is 14.0. The van der Waals surface area contributed by atoms with E-state index in [2.05, 4.69) is 5.10 Å². The molecule has 0 radical (unpaired) electrons. The van der Waals surface area contributed by atoms with Gasteiger partial charge in [-0.25, -0.2) is 9.07 Å². The molecule has 1 saturated heterocycles. The number of benzene rings is 1. The molecule has 0 saturated carbocycles. The quantitative estimate of drug-likeness (QED) is 0.827. The molecule has 6 nitrogen and oxygen atoms in total. The van der Waals surface area contributed by atoms with Crippen molar-refractivity contribution >= 4 is 11.6 Å². The Bertz CT molecular complexity index is 918. The number of carbonyl (C=O) groups excluding carboxylic acids is 1. The molecule has 2 aromatic rings. The summed E-state index contributed by atoms with van der Waals surface area (Å²) in [6, 6.07) is 7.66. The predicted octanol–water partition coefficient (Wildman–Crippen LogP) is 1.78. The Labute approximate surface area is 157 Å². The number of rotatable bonds is 3. The van der Waals surface area contributed by atoms with Crippen LogP contribution in [0.2, 0.25) is 0 Å². The largest absolute Gasteiger partial charge is 0.366 e. The SMILES string of the molecule is C[C@@H](C(=O)N1CCN(c2ccccc2F)CC1)n1nc2c(cc1=O)CCC2. The van der Waals surface area contributed by atoms with Crippen LogP contribution in [0.15, 0.2) is 35.1 Å². The first-order valence-electron chi connectivity index (χ1n) is 9.44. The lowest BCUT2D eigenvalue weighted by Crippen LogP contribution is -2.51. The molecule has 27 heavy (non-hydrogen) atoms. The van der Waals surface area contributed by atoms with Gasteiger partial charge >= 0.3 is 0 Å². The van der Waals surface area contributed by atoms with Crippen LogP contribution in [0.4, 0.5) is 10.1 Å². The van der Waals surface area contributed by atoms with E-state index in [4.69, 9.17) is 0 Å². The number of halogens is 1. The highest BCUT2D eigenvalue weighted by Crippen LogP contribution is 2.22. The van der Waals surface area contributed by atoms with Gasteiger partial charge in [-0.15, -0.1) is 0 Å². The summed E-state index contributed by atoms with van der Waals surface area (Å²) >= 11 is 0. The molecule has 2 aliphatic rings. The van der Waals surface area contributed by atoms with Crippen LogP contribution in [0.25, 0.3) is 0 Å². The fourth-order valence-electron chi connectivity index (χ4n) is 3.94. The lowest BCUT2D eigenvalue weighted by Gasteiger charge is -2.37. The van der Waals surface area contributed by atoms with Crippen LogP contribution in [-0.2, 0) is 17.6 Å². The average molecular weight is 370 g/mol. The number of amides is 1. The van der Waals surface area contributed by atoms with Crippen molar-refractivity contribution in [2.45, 2.75) is 32.2 Å². The highest BCUT2D eigenvalue weighted by atomic mass is 19.1. The third kappa shape index (κ3) is 3.34. The van der Waals surface area contributed by atoms with Gasteiger partial charge in [-0.1, -0.05) is 12.1 Å². The van der Waals surface area contributed by atoms with E-state index >= 15 is 0 Å². The number of nitrogens with zero attached hydrogens (tertiary/aromatic N) is 4. The lowest BCUT2D eigenvalue weighted by atomic mass is 10.2. The molecule has 0 bridgehead atoms. The first kappa shape index (κ1) is 17.7. The highest BCUT2D eigenvalue weighted by Gasteiger charge is 2.28. The molecule has 1 atom stereocenters. The third-order valence-corrected chi connectivity index (χ3v) is 5.49. The van der Waals surface area contributed by atoms with E-state index in [1.54, 1.807) is 30.0 Å². The first-order valence-corrected chi connectivity index (χ1v) is 9.44. The van der Waals surface area contributed by atoms with Gasteiger partial charge in [0.05, 0.1) is 11.4 Å². The zero-order valence-electron chi connectivity index (χ0n) is 15.4. The highest BCUT2D eigenvalue weighted by molar-refractivity contribution is 5.80. The zero-order chi connectivity index (χ0) is 19.0. The van der Waals surface area contributed by atoms with E-state index in [1.165, 1.54) is 10.7 Å². The summed E-state index contributed by atoms with van der Waals surface area (Å²) in [6.07, 6.45) is 2.75. The van der Waals surface area contributed by atoms with Crippen molar-refractivity contribution in [1.82, 2.24) is 14.7 Å². The molecule has 2 heterocycles. The minimum absolute atomic E-state index is 0.115. The number of hydrogen-bond donors (Lipinski definition) is 0. The van der Waals surface area contributed by atoms with Gasteiger partial charge in [-0.05, 0) is 43.9 Å². The summed E-state index contributed by atoms with van der Waals surface area (Å²) in [6.45, 7) is 3.84. The van der Waals surface area contributed by atoms with Gasteiger partial charge in [0, 0.05) is 32.2 Å². The van der Waals surface area contributed by atoms with Crippen molar-refractivity contribution in [2.75, 3.05) is 31.1 Å². The van der Waals surface area contributed by atoms with E-state index in [-0.39, 0.29) is 17.3 Å². The smallest absolute Gasteiger partial charge is 0.267 e. The van der Waals surface area contributed by atoms with Crippen molar-refractivity contribution in [3.05, 3.63) is 57.8 Å². The Morgan fingerprint density at radius 3 is 2.63 bits per heavy atom. The van der Waals surface area contributed by atoms with E-state index in [0.717, 1.165) is 30.5 Å². The van der Waals surface area contributed by atoms with Crippen molar-refractivity contribution < 1.29 is 9.18 Å². The molecule has 1 amide bonds. The molecular weight excluding hydrogens is 347 g/mol. The van der Waals surface area contributed by atoms with Gasteiger partial charge in [0.25, 0.3) is 5.56 Å². The van der Waals surface area contributed by atoms with Crippen LogP contribution >= 0.6 is 0 Å². The van der Waals surface area contributed by atoms with Crippen LogP contribution in [0.5, 0.6) is 0 Å². The molecule has 1 aliphatic heterocycles. The zero-order valence-corrected chi connectivity index (χ0v) is 15.4. The first-order chi connectivity index (χ1) is 13.0. The molecule has 7 heteroatoms. The summed E-state index contributed by atoms with van der Waals surface area (Å²) in [5.41, 5.74) is 2.28. The summed E-state index contributed by atoms with van der Waals surface area (Å²) in [5, 5.41) is 4.44. The maximum Gasteiger partial charge on any atom is 0.267 e. The summed E-state index contributed by atoms with van der Waals surface area (Å²) < 4.78 is 15.3. The van der Waals surface area contributed by atoms with Gasteiger partial charge in [-0.3, -0.25) is 9.59 Å². The van der Waals surface area contributed by atoms with Crippen molar-refractivity contribution in [2.24, 2.45) is 0 Å². The van der Waals surface area contributed by atoms with Crippen molar-refractivity contribution in [3.8, 4) is 0 Å². The normalized spacial score (nSPS) is 17.7. The Kier molecular flexibility index (Phi) is 4.68. The van der Waals surface area contributed by atoms with Gasteiger partial charge in [0.2, 0.25) is 5.91 Å². The Morgan fingerprint density at radius 2 is 1.89 bits per heavy atom. The van der Waals surface area contributed by atoms with Gasteiger partial charge < -0.3 is 9.80 Å². The number of aromatic nitrogens is 2. The number of fused-ring (bicyclic) bond motifs is 1. The Morgan fingerprint density at radius 1 is 1.15 bits per heavy atom. The van der Waals surface area contributed by atoms with E-state index in [9.17, 15) is 14.0 Å². The average Bonchev–Trinajstić information content (AvgIpc) is 3.14. The standard InChI is InChI=1S/C20H23FN4O2/c1-14(25-19(26)13-15-5-4-7-17(15)22-25)20(27)24-11-9-23(10-12-24)18-8-3-2-6-16(18)21/h2-3,6,8,13-14H,4-5,7,9-12H2,1H3/t14-/m0/s1. The molecule has 1 aliphatic carbocycles. The minimum Gasteiger partial charge on any atom is -0.366 e. The number of hydrogen-bond acceptors (Lipinski definition) is 4. The van der Waals surface area contributed by atoms with Gasteiger partial charge in [0.15, 0.2) is 0 Å². The van der Waals surface area contributed by atoms with Crippen LogP contribution in [0.1, 0.15) is 30.6 Å². The second kappa shape index (κ2) is 7.13. The van der Waals surface area contributed by atoms with E-state index < -0.39 is 6.04 Å². The number of aryl methyl sites for hydroxylation is 2. The molecule has 1 aromatic carbocycles. The van der Waals surface area contributed by atoms with E-state index in [0.29, 0.717) is 31.9 Å². The monoisotopic (exact) mass is 370 g/mol. The van der Waals surface area contributed by atoms with E-state index in [1.807, 2.05) is 11.0 Å². The van der Waals surface area contributed by atoms with Gasteiger partial charge in [0.1, 0.15) is 11.9 Å². The van der Waals surface area contributed by atoms with Crippen molar-refractivity contribution in [1.29, 1.82) is 0 Å². The van der Waals surface area contributed by atoms with Crippen LogP contribution < -0.4 is 10.5 Å². The molecule has 1 fully saturated rings. The Balaban J connectivity index is 1.45. The van der Waals surface area contributed by atoms with Crippen molar-refractivity contribution in [3.63, 3.8) is 0 Å². The van der Waals surface area contributed by atoms with Crippen LogP contribution in [0, 0.1) is 5.82 Å². The molecule has 0 unspecified atom stereocenters. The molecule has 0 N–H and O–H groups in total. The fourth-order valence-corrected chi connectivity index (χ4v) is 3.94. The fraction of sp³-hybridized carbons (Fsp3) is 0.450. The molecule has 0 spiro atoms. The van der Waals surface area contributed by atoms with Crippen LogP contribution in [0.3, 0.4) is 0 Å². The number of piperazine rings is 1. The Hall–Kier alpha value is -2.70. The predicted molar refractivity (Wildman–Crippen MR) is 100 cm³/mol. The number of anilines is 1. The lowest BCUT2D eigenvalue weighted by molar-refractivity contribution is -0.135. The second-order valence-electron chi connectivity index (χ2n) is 7.19. The number of para-hydroxylation sites is 1. The summed E-state index contributed by atoms with van der Waals surface area (Å²) in [5.74, 6) is -0.365. The molecule has 142 valence electrons. The topological polar surface area (TPSA) is 58.4 Å². The molecule has 1 aromatic heterocycles. The number of carbonyl (C=O) groups is 1. The third-order valence-electron chi connectivity index (χ3n) is 5.49. The summed E-state index contributed by atoms with van der Waals surface area (Å²) in [4.78, 5) is 28.9. The summed E-state index contributed by atoms with van der Waals surface area (Å²) in [7, 11) is 0. The van der Waals surface area contributed by atoms with Gasteiger partial charge in [-0.2, -0.15) is 5.10 Å². The maximum absolute atomic E-state index is 14.0. The molecule has 4 rings (SSSR count). The minimum atomic E-state index is -0.636. The molecular formula is C20H23FN4O2.